The number of aromatic nitrogens is 4. The molecule has 0 N–H and O–H groups in total. The summed E-state index contributed by atoms with van der Waals surface area (Å²) in [4.78, 5) is 11.2. The molecule has 0 radical (unpaired) electrons. The van der Waals surface area contributed by atoms with Crippen molar-refractivity contribution in [1.29, 1.82) is 0 Å². The monoisotopic (exact) mass is 864 g/mol. The molecule has 0 bridgehead atoms. The van der Waals surface area contributed by atoms with Gasteiger partial charge >= 0.3 is 357 Å². The summed E-state index contributed by atoms with van der Waals surface area (Å²) in [5, 5.41) is 4.97. The maximum atomic E-state index is 5.59. The molecule has 4 nitrogen and oxygen atoms in total. The molecular formula is C58H38GeN4. The molecule has 0 atom stereocenters. The third-order valence-electron chi connectivity index (χ3n) is 13.2. The van der Waals surface area contributed by atoms with E-state index in [-0.39, 0.29) is 0 Å². The van der Waals surface area contributed by atoms with Crippen LogP contribution < -0.4 is 17.6 Å². The summed E-state index contributed by atoms with van der Waals surface area (Å²) in [6.45, 7) is 0. The van der Waals surface area contributed by atoms with Crippen LogP contribution >= 0.6 is 0 Å². The summed E-state index contributed by atoms with van der Waals surface area (Å²) < 4.78 is 10.2. The van der Waals surface area contributed by atoms with Gasteiger partial charge < -0.3 is 0 Å². The molecule has 0 saturated heterocycles. The van der Waals surface area contributed by atoms with E-state index in [9.17, 15) is 0 Å². The molecule has 0 aliphatic carbocycles. The molecular weight excluding hydrogens is 825 g/mol. The molecule has 0 unspecified atom stereocenters. The molecule has 1 aliphatic heterocycles. The molecule has 294 valence electrons. The second-order valence-corrected chi connectivity index (χ2v) is 24.2. The molecule has 0 amide bonds. The molecule has 3 aromatic heterocycles. The topological polar surface area (TPSA) is 35.6 Å². The fraction of sp³-hybridized carbons (Fsp3) is 0. The van der Waals surface area contributed by atoms with E-state index >= 15 is 0 Å². The average molecular weight is 864 g/mol. The number of fused-ring (bicyclic) bond motifs is 9. The van der Waals surface area contributed by atoms with Crippen molar-refractivity contribution >= 4 is 74.5 Å². The minimum absolute atomic E-state index is 0.740. The summed E-state index contributed by atoms with van der Waals surface area (Å²) in [7, 11) is 0. The number of nitrogens with zero attached hydrogens (tertiary/aromatic N) is 4. The van der Waals surface area contributed by atoms with E-state index in [1.165, 1.54) is 66.8 Å². The second-order valence-electron chi connectivity index (χ2n) is 16.5. The number of benzene rings is 9. The molecule has 12 aromatic rings. The Balaban J connectivity index is 1.11. The maximum absolute atomic E-state index is 5.59. The third kappa shape index (κ3) is 5.28. The van der Waals surface area contributed by atoms with Crippen molar-refractivity contribution < 1.29 is 0 Å². The van der Waals surface area contributed by atoms with Gasteiger partial charge in [-0.1, -0.05) is 12.1 Å². The molecule has 5 heteroatoms. The van der Waals surface area contributed by atoms with Crippen LogP contribution in [0.5, 0.6) is 0 Å². The van der Waals surface area contributed by atoms with Crippen molar-refractivity contribution in [3.63, 3.8) is 0 Å². The second kappa shape index (κ2) is 14.1. The van der Waals surface area contributed by atoms with Gasteiger partial charge in [-0.2, -0.15) is 0 Å². The summed E-state index contributed by atoms with van der Waals surface area (Å²) in [5.74, 6) is 0.740. The van der Waals surface area contributed by atoms with Gasteiger partial charge in [0.15, 0.2) is 0 Å². The summed E-state index contributed by atoms with van der Waals surface area (Å²) in [5.41, 5.74) is 12.4. The number of hydrogen-bond acceptors (Lipinski definition) is 2. The summed E-state index contributed by atoms with van der Waals surface area (Å²) in [6.07, 6.45) is 0. The van der Waals surface area contributed by atoms with Crippen LogP contribution in [0.25, 0.3) is 88.9 Å². The van der Waals surface area contributed by atoms with Crippen LogP contribution in [-0.2, 0) is 0 Å². The Morgan fingerprint density at radius 1 is 0.333 bits per heavy atom. The Morgan fingerprint density at radius 3 is 1.33 bits per heavy atom. The number of rotatable bonds is 6. The summed E-state index contributed by atoms with van der Waals surface area (Å²) >= 11 is -3.92. The Labute approximate surface area is 367 Å². The van der Waals surface area contributed by atoms with Crippen LogP contribution in [0, 0.1) is 0 Å². The summed E-state index contributed by atoms with van der Waals surface area (Å²) in [6, 6.07) is 84.2. The fourth-order valence-electron chi connectivity index (χ4n) is 10.6. The molecule has 0 saturated carbocycles. The Bertz CT molecular complexity index is 3630. The molecule has 13 rings (SSSR count). The first-order valence-corrected chi connectivity index (χ1v) is 25.8. The van der Waals surface area contributed by atoms with E-state index in [4.69, 9.17) is 9.97 Å². The van der Waals surface area contributed by atoms with Gasteiger partial charge in [-0.15, -0.1) is 0 Å². The van der Waals surface area contributed by atoms with Gasteiger partial charge in [0.2, 0.25) is 0 Å². The Hall–Kier alpha value is -7.80. The Morgan fingerprint density at radius 2 is 0.762 bits per heavy atom. The van der Waals surface area contributed by atoms with E-state index in [0.717, 1.165) is 39.7 Å². The predicted molar refractivity (Wildman–Crippen MR) is 264 cm³/mol. The van der Waals surface area contributed by atoms with Crippen molar-refractivity contribution in [2.75, 3.05) is 0 Å². The van der Waals surface area contributed by atoms with Crippen LogP contribution in [0.4, 0.5) is 0 Å². The predicted octanol–water partition coefficient (Wildman–Crippen LogP) is 11.4. The molecule has 0 fully saturated rings. The first-order chi connectivity index (χ1) is 31.3. The number of hydrogen-bond donors (Lipinski definition) is 0. The quantitative estimate of drug-likeness (QED) is 0.156. The van der Waals surface area contributed by atoms with Crippen molar-refractivity contribution in [2.24, 2.45) is 0 Å². The van der Waals surface area contributed by atoms with Gasteiger partial charge in [0, 0.05) is 0 Å². The van der Waals surface area contributed by atoms with Gasteiger partial charge in [0.25, 0.3) is 0 Å². The SMILES string of the molecule is c1ccc(-c2nc(-c3ccccc3)[c]3c(n2)-c2ccc(-n4c5ccccc5c5cc(-n6c7ccccc7c7ccccc76)ccc54)c[c]2[Ge]3([c]2ccccc2)[c]2ccccc2)cc1. The van der Waals surface area contributed by atoms with Gasteiger partial charge in [0.1, 0.15) is 0 Å². The molecule has 4 heterocycles. The van der Waals surface area contributed by atoms with Gasteiger partial charge in [-0.25, -0.2) is 0 Å². The standard InChI is InChI=1S/C58H38GeN4/c1-5-19-39(20-6-1)56-55-57(61-58(60-56)40-21-7-2-8-22-40)48-35-33-44(38-50(48)59(55,41-23-9-3-10-24-41)42-25-11-4-12-26-42)63-53-32-18-15-29-47(53)49-37-43(34-36-54(49)63)62-51-30-16-13-27-45(51)46-28-14-17-31-52(46)62/h1-38H. The van der Waals surface area contributed by atoms with E-state index in [1.54, 1.807) is 0 Å². The van der Waals surface area contributed by atoms with Gasteiger partial charge in [0.05, 0.1) is 0 Å². The first-order valence-electron chi connectivity index (χ1n) is 21.6. The van der Waals surface area contributed by atoms with E-state index in [0.29, 0.717) is 0 Å². The zero-order valence-corrected chi connectivity index (χ0v) is 36.3. The van der Waals surface area contributed by atoms with Crippen LogP contribution in [0.2, 0.25) is 0 Å². The molecule has 0 spiro atoms. The normalized spacial score (nSPS) is 12.9. The van der Waals surface area contributed by atoms with Gasteiger partial charge in [-0.3, -0.25) is 0 Å². The van der Waals surface area contributed by atoms with E-state index in [2.05, 4.69) is 240 Å². The average Bonchev–Trinajstić information content (AvgIpc) is 3.98. The Kier molecular flexibility index (Phi) is 8.05. The minimum atomic E-state index is -3.92. The molecule has 9 aromatic carbocycles. The van der Waals surface area contributed by atoms with Crippen molar-refractivity contribution in [2.45, 2.75) is 0 Å². The molecule has 63 heavy (non-hydrogen) atoms. The van der Waals surface area contributed by atoms with Crippen LogP contribution in [0.1, 0.15) is 0 Å². The van der Waals surface area contributed by atoms with Crippen molar-refractivity contribution in [3.05, 3.63) is 231 Å². The van der Waals surface area contributed by atoms with Crippen LogP contribution in [0.3, 0.4) is 0 Å². The van der Waals surface area contributed by atoms with Crippen LogP contribution in [-0.4, -0.2) is 32.4 Å². The van der Waals surface area contributed by atoms with Crippen molar-refractivity contribution in [1.82, 2.24) is 19.1 Å². The zero-order chi connectivity index (χ0) is 41.5. The van der Waals surface area contributed by atoms with E-state index < -0.39 is 13.3 Å². The third-order valence-corrected chi connectivity index (χ3v) is 23.4. The van der Waals surface area contributed by atoms with Crippen molar-refractivity contribution in [3.8, 4) is 45.3 Å². The van der Waals surface area contributed by atoms with E-state index in [1.807, 2.05) is 0 Å². The van der Waals surface area contributed by atoms with Crippen LogP contribution in [0.15, 0.2) is 231 Å². The van der Waals surface area contributed by atoms with Gasteiger partial charge in [-0.05, 0) is 0 Å². The molecule has 1 aliphatic rings. The first kappa shape index (κ1) is 35.9. The fourth-order valence-corrected chi connectivity index (χ4v) is 21.6. The zero-order valence-electron chi connectivity index (χ0n) is 34.2. The number of para-hydroxylation sites is 3.